The van der Waals surface area contributed by atoms with Crippen molar-refractivity contribution >= 4 is 5.82 Å². The molecule has 0 aromatic carbocycles. The van der Waals surface area contributed by atoms with Gasteiger partial charge in [0.25, 0.3) is 0 Å². The molecule has 0 saturated heterocycles. The molecule has 1 saturated carbocycles. The summed E-state index contributed by atoms with van der Waals surface area (Å²) < 4.78 is 1.93. The smallest absolute Gasteiger partial charge is 0.148 e. The lowest BCUT2D eigenvalue weighted by molar-refractivity contribution is 0.266. The largest absolute Gasteiger partial charge is 0.366 e. The van der Waals surface area contributed by atoms with Crippen LogP contribution >= 0.6 is 0 Å². The van der Waals surface area contributed by atoms with Gasteiger partial charge in [-0.25, -0.2) is 0 Å². The van der Waals surface area contributed by atoms with Crippen LogP contribution in [0, 0.1) is 18.8 Å². The quantitative estimate of drug-likeness (QED) is 0.870. The van der Waals surface area contributed by atoms with Crippen LogP contribution in [0.25, 0.3) is 0 Å². The molecule has 96 valence electrons. The van der Waals surface area contributed by atoms with E-state index in [2.05, 4.69) is 37.3 Å². The molecule has 1 aliphatic carbocycles. The minimum atomic E-state index is 0.624. The van der Waals surface area contributed by atoms with Gasteiger partial charge in [-0.05, 0) is 44.4 Å². The van der Waals surface area contributed by atoms with E-state index in [9.17, 15) is 0 Å². The van der Waals surface area contributed by atoms with Crippen LogP contribution in [-0.4, -0.2) is 15.8 Å². The van der Waals surface area contributed by atoms with Crippen LogP contribution in [0.15, 0.2) is 6.07 Å². The van der Waals surface area contributed by atoms with Gasteiger partial charge in [0.15, 0.2) is 0 Å². The number of aryl methyl sites for hydroxylation is 2. The highest BCUT2D eigenvalue weighted by molar-refractivity contribution is 5.36. The van der Waals surface area contributed by atoms with Crippen molar-refractivity contribution in [2.75, 3.05) is 5.32 Å². The van der Waals surface area contributed by atoms with Crippen molar-refractivity contribution in [2.24, 2.45) is 18.9 Å². The lowest BCUT2D eigenvalue weighted by Gasteiger charge is -2.31. The molecular formula is C14H25N3. The van der Waals surface area contributed by atoms with Gasteiger partial charge in [-0.3, -0.25) is 4.68 Å². The molecule has 1 aromatic rings. The fraction of sp³-hybridized carbons (Fsp3) is 0.786. The Balaban J connectivity index is 1.86. The summed E-state index contributed by atoms with van der Waals surface area (Å²) in [6.45, 7) is 6.79. The van der Waals surface area contributed by atoms with Crippen LogP contribution < -0.4 is 5.32 Å². The first-order chi connectivity index (χ1) is 8.06. The Bertz CT molecular complexity index is 340. The van der Waals surface area contributed by atoms with Crippen molar-refractivity contribution in [3.8, 4) is 0 Å². The maximum atomic E-state index is 4.46. The van der Waals surface area contributed by atoms with Crippen LogP contribution in [0.1, 0.15) is 45.2 Å². The van der Waals surface area contributed by atoms with Crippen LogP contribution in [-0.2, 0) is 7.05 Å². The van der Waals surface area contributed by atoms with Crippen molar-refractivity contribution in [3.05, 3.63) is 11.8 Å². The molecule has 0 spiro atoms. The Kier molecular flexibility index (Phi) is 3.75. The van der Waals surface area contributed by atoms with Crippen molar-refractivity contribution in [3.63, 3.8) is 0 Å². The van der Waals surface area contributed by atoms with Gasteiger partial charge in [-0.15, -0.1) is 0 Å². The zero-order chi connectivity index (χ0) is 12.4. The van der Waals surface area contributed by atoms with Crippen LogP contribution in [0.2, 0.25) is 0 Å². The molecule has 0 unspecified atom stereocenters. The first-order valence-electron chi connectivity index (χ1n) is 6.83. The van der Waals surface area contributed by atoms with Gasteiger partial charge < -0.3 is 5.32 Å². The summed E-state index contributed by atoms with van der Waals surface area (Å²) in [5, 5.41) is 8.03. The van der Waals surface area contributed by atoms with Crippen molar-refractivity contribution in [1.82, 2.24) is 9.78 Å². The predicted molar refractivity (Wildman–Crippen MR) is 72.2 cm³/mol. The molecule has 0 bridgehead atoms. The second-order valence-electron chi connectivity index (χ2n) is 5.79. The van der Waals surface area contributed by atoms with Crippen LogP contribution in [0.4, 0.5) is 5.82 Å². The monoisotopic (exact) mass is 235 g/mol. The highest BCUT2D eigenvalue weighted by atomic mass is 15.3. The maximum absolute atomic E-state index is 4.46. The number of aromatic nitrogens is 2. The number of anilines is 1. The Labute approximate surface area is 105 Å². The fourth-order valence-electron chi connectivity index (χ4n) is 2.77. The molecular weight excluding hydrogens is 210 g/mol. The number of rotatable bonds is 3. The zero-order valence-electron chi connectivity index (χ0n) is 11.5. The summed E-state index contributed by atoms with van der Waals surface area (Å²) in [4.78, 5) is 0. The van der Waals surface area contributed by atoms with E-state index in [0.717, 1.165) is 17.7 Å². The molecule has 2 rings (SSSR count). The van der Waals surface area contributed by atoms with Crippen molar-refractivity contribution < 1.29 is 0 Å². The standard InChI is InChI=1S/C14H25N3/c1-10(2)12-5-7-13(8-6-12)15-14-9-11(3)17(4)16-14/h9-10,12-13H,5-8H2,1-4H3,(H,15,16). The number of nitrogens with zero attached hydrogens (tertiary/aromatic N) is 2. The molecule has 0 aliphatic heterocycles. The minimum absolute atomic E-state index is 0.624. The molecule has 3 heteroatoms. The van der Waals surface area contributed by atoms with E-state index in [0.29, 0.717) is 6.04 Å². The van der Waals surface area contributed by atoms with Crippen molar-refractivity contribution in [2.45, 2.75) is 52.5 Å². The molecule has 1 N–H and O–H groups in total. The Morgan fingerprint density at radius 2 is 1.94 bits per heavy atom. The summed E-state index contributed by atoms with van der Waals surface area (Å²) in [6, 6.07) is 2.76. The fourth-order valence-corrected chi connectivity index (χ4v) is 2.77. The van der Waals surface area contributed by atoms with Crippen LogP contribution in [0.3, 0.4) is 0 Å². The SMILES string of the molecule is Cc1cc(NC2CCC(C(C)C)CC2)nn1C. The third-order valence-corrected chi connectivity index (χ3v) is 4.18. The van der Waals surface area contributed by atoms with Gasteiger partial charge >= 0.3 is 0 Å². The van der Waals surface area contributed by atoms with E-state index in [1.54, 1.807) is 0 Å². The highest BCUT2D eigenvalue weighted by Gasteiger charge is 2.23. The number of nitrogens with one attached hydrogen (secondary N) is 1. The minimum Gasteiger partial charge on any atom is -0.366 e. The molecule has 0 amide bonds. The lowest BCUT2D eigenvalue weighted by atomic mass is 9.80. The van der Waals surface area contributed by atoms with Crippen LogP contribution in [0.5, 0.6) is 0 Å². The molecule has 0 atom stereocenters. The Morgan fingerprint density at radius 1 is 1.29 bits per heavy atom. The van der Waals surface area contributed by atoms with E-state index < -0.39 is 0 Å². The summed E-state index contributed by atoms with van der Waals surface area (Å²) in [5.41, 5.74) is 1.21. The van der Waals surface area contributed by atoms with E-state index in [-0.39, 0.29) is 0 Å². The second-order valence-corrected chi connectivity index (χ2v) is 5.79. The summed E-state index contributed by atoms with van der Waals surface area (Å²) >= 11 is 0. The van der Waals surface area contributed by atoms with E-state index >= 15 is 0 Å². The maximum Gasteiger partial charge on any atom is 0.148 e. The molecule has 3 nitrogen and oxygen atoms in total. The van der Waals surface area contributed by atoms with Gasteiger partial charge in [0.2, 0.25) is 0 Å². The van der Waals surface area contributed by atoms with Gasteiger partial charge in [0.05, 0.1) is 0 Å². The Hall–Kier alpha value is -0.990. The lowest BCUT2D eigenvalue weighted by Crippen LogP contribution is -2.28. The van der Waals surface area contributed by atoms with Gasteiger partial charge in [-0.1, -0.05) is 13.8 Å². The van der Waals surface area contributed by atoms with E-state index in [1.807, 2.05) is 11.7 Å². The molecule has 1 heterocycles. The average Bonchev–Trinajstić information content (AvgIpc) is 2.58. The third-order valence-electron chi connectivity index (χ3n) is 4.18. The number of hydrogen-bond donors (Lipinski definition) is 1. The topological polar surface area (TPSA) is 29.9 Å². The zero-order valence-corrected chi connectivity index (χ0v) is 11.5. The molecule has 17 heavy (non-hydrogen) atoms. The van der Waals surface area contributed by atoms with E-state index in [4.69, 9.17) is 0 Å². The van der Waals surface area contributed by atoms with Crippen molar-refractivity contribution in [1.29, 1.82) is 0 Å². The van der Waals surface area contributed by atoms with E-state index in [1.165, 1.54) is 31.4 Å². The second kappa shape index (κ2) is 5.11. The predicted octanol–water partition coefficient (Wildman–Crippen LogP) is 3.36. The third kappa shape index (κ3) is 3.02. The highest BCUT2D eigenvalue weighted by Crippen LogP contribution is 2.31. The normalized spacial score (nSPS) is 25.2. The Morgan fingerprint density at radius 3 is 2.41 bits per heavy atom. The number of hydrogen-bond acceptors (Lipinski definition) is 2. The van der Waals surface area contributed by atoms with Gasteiger partial charge in [0, 0.05) is 24.8 Å². The first kappa shape index (κ1) is 12.5. The average molecular weight is 235 g/mol. The first-order valence-corrected chi connectivity index (χ1v) is 6.83. The summed E-state index contributed by atoms with van der Waals surface area (Å²) in [5.74, 6) is 2.81. The van der Waals surface area contributed by atoms with Gasteiger partial charge in [-0.2, -0.15) is 5.10 Å². The molecule has 1 aromatic heterocycles. The summed E-state index contributed by atoms with van der Waals surface area (Å²) in [6.07, 6.45) is 5.30. The molecule has 1 aliphatic rings. The molecule has 0 radical (unpaired) electrons. The molecule has 1 fully saturated rings. The summed E-state index contributed by atoms with van der Waals surface area (Å²) in [7, 11) is 2.00. The van der Waals surface area contributed by atoms with Gasteiger partial charge in [0.1, 0.15) is 5.82 Å².